The van der Waals surface area contributed by atoms with E-state index >= 15 is 0 Å². The SMILES string of the molecule is CCC.COC(=O)C(N)CC=C(C)C. The average Bonchev–Trinajstić information content (AvgIpc) is 2.14. The molecule has 14 heavy (non-hydrogen) atoms. The van der Waals surface area contributed by atoms with Gasteiger partial charge in [0.25, 0.3) is 0 Å². The van der Waals surface area contributed by atoms with E-state index in [9.17, 15) is 4.79 Å². The fraction of sp³-hybridized carbons (Fsp3) is 0.727. The zero-order chi connectivity index (χ0) is 11.6. The van der Waals surface area contributed by atoms with Gasteiger partial charge >= 0.3 is 5.97 Å². The highest BCUT2D eigenvalue weighted by atomic mass is 16.5. The van der Waals surface area contributed by atoms with E-state index in [1.165, 1.54) is 13.5 Å². The van der Waals surface area contributed by atoms with Gasteiger partial charge in [-0.3, -0.25) is 4.79 Å². The van der Waals surface area contributed by atoms with Gasteiger partial charge in [-0.2, -0.15) is 0 Å². The number of hydrogen-bond acceptors (Lipinski definition) is 3. The zero-order valence-electron chi connectivity index (χ0n) is 9.96. The van der Waals surface area contributed by atoms with E-state index in [2.05, 4.69) is 18.6 Å². The minimum Gasteiger partial charge on any atom is -0.468 e. The Balaban J connectivity index is 0. The third-order valence-corrected chi connectivity index (χ3v) is 1.28. The topological polar surface area (TPSA) is 52.3 Å². The molecule has 0 bridgehead atoms. The molecule has 1 atom stereocenters. The molecule has 0 rings (SSSR count). The van der Waals surface area contributed by atoms with Crippen molar-refractivity contribution in [3.05, 3.63) is 11.6 Å². The van der Waals surface area contributed by atoms with Gasteiger partial charge in [-0.05, 0) is 20.3 Å². The third kappa shape index (κ3) is 11.2. The smallest absolute Gasteiger partial charge is 0.322 e. The Bertz CT molecular complexity index is 172. The van der Waals surface area contributed by atoms with Crippen molar-refractivity contribution >= 4 is 5.97 Å². The van der Waals surface area contributed by atoms with Crippen LogP contribution in [0.1, 0.15) is 40.5 Å². The van der Waals surface area contributed by atoms with Crippen molar-refractivity contribution in [3.8, 4) is 0 Å². The lowest BCUT2D eigenvalue weighted by Crippen LogP contribution is -2.30. The summed E-state index contributed by atoms with van der Waals surface area (Å²) in [6, 6.07) is -0.519. The number of nitrogens with two attached hydrogens (primary N) is 1. The highest BCUT2D eigenvalue weighted by Gasteiger charge is 2.10. The molecular weight excluding hydrogens is 178 g/mol. The molecule has 0 aliphatic heterocycles. The molecule has 0 saturated carbocycles. The van der Waals surface area contributed by atoms with Crippen LogP contribution in [0.2, 0.25) is 0 Å². The van der Waals surface area contributed by atoms with Gasteiger partial charge in [0.15, 0.2) is 0 Å². The molecule has 0 aromatic heterocycles. The number of carbonyl (C=O) groups excluding carboxylic acids is 1. The Morgan fingerprint density at radius 2 is 1.86 bits per heavy atom. The highest BCUT2D eigenvalue weighted by molar-refractivity contribution is 5.75. The summed E-state index contributed by atoms with van der Waals surface area (Å²) in [4.78, 5) is 10.7. The quantitative estimate of drug-likeness (QED) is 0.563. The van der Waals surface area contributed by atoms with Crippen LogP contribution in [0.3, 0.4) is 0 Å². The predicted molar refractivity (Wildman–Crippen MR) is 60.0 cm³/mol. The summed E-state index contributed by atoms with van der Waals surface area (Å²) >= 11 is 0. The first-order valence-corrected chi connectivity index (χ1v) is 4.96. The summed E-state index contributed by atoms with van der Waals surface area (Å²) in [6.07, 6.45) is 3.72. The fourth-order valence-corrected chi connectivity index (χ4v) is 0.610. The van der Waals surface area contributed by atoms with E-state index in [0.29, 0.717) is 6.42 Å². The molecule has 84 valence electrons. The van der Waals surface area contributed by atoms with Crippen LogP contribution < -0.4 is 5.73 Å². The first-order chi connectivity index (χ1) is 6.49. The third-order valence-electron chi connectivity index (χ3n) is 1.28. The van der Waals surface area contributed by atoms with Crippen LogP contribution in [-0.2, 0) is 9.53 Å². The molecule has 0 aliphatic carbocycles. The standard InChI is InChI=1S/C8H15NO2.C3H8/c1-6(2)4-5-7(9)8(10)11-3;1-3-2/h4,7H,5,9H2,1-3H3;3H2,1-2H3. The van der Waals surface area contributed by atoms with Crippen LogP contribution >= 0.6 is 0 Å². The van der Waals surface area contributed by atoms with Crippen LogP contribution in [0.5, 0.6) is 0 Å². The predicted octanol–water partition coefficient (Wildman–Crippen LogP) is 2.26. The number of hydrogen-bond donors (Lipinski definition) is 1. The molecule has 0 amide bonds. The van der Waals surface area contributed by atoms with Crippen molar-refractivity contribution < 1.29 is 9.53 Å². The number of esters is 1. The molecule has 0 heterocycles. The normalized spacial score (nSPS) is 10.7. The zero-order valence-corrected chi connectivity index (χ0v) is 9.96. The second-order valence-electron chi connectivity index (χ2n) is 3.35. The summed E-state index contributed by atoms with van der Waals surface area (Å²) in [7, 11) is 1.34. The Hall–Kier alpha value is -0.830. The summed E-state index contributed by atoms with van der Waals surface area (Å²) in [5.41, 5.74) is 6.61. The molecular formula is C11H23NO2. The van der Waals surface area contributed by atoms with Gasteiger partial charge in [-0.15, -0.1) is 0 Å². The summed E-state index contributed by atoms with van der Waals surface area (Å²) in [6.45, 7) is 8.17. The minimum absolute atomic E-state index is 0.359. The first kappa shape index (κ1) is 15.6. The van der Waals surface area contributed by atoms with Gasteiger partial charge in [-0.1, -0.05) is 31.9 Å². The Morgan fingerprint density at radius 3 is 2.14 bits per heavy atom. The van der Waals surface area contributed by atoms with Crippen molar-refractivity contribution in [1.82, 2.24) is 0 Å². The molecule has 0 aromatic carbocycles. The van der Waals surface area contributed by atoms with Crippen LogP contribution in [0.15, 0.2) is 11.6 Å². The lowest BCUT2D eigenvalue weighted by atomic mass is 10.2. The van der Waals surface area contributed by atoms with Crippen LogP contribution in [0.25, 0.3) is 0 Å². The molecule has 0 fully saturated rings. The maximum atomic E-state index is 10.7. The Morgan fingerprint density at radius 1 is 1.43 bits per heavy atom. The molecule has 2 N–H and O–H groups in total. The van der Waals surface area contributed by atoms with Crippen molar-refractivity contribution in [2.24, 2.45) is 5.73 Å². The van der Waals surface area contributed by atoms with Crippen molar-refractivity contribution in [2.75, 3.05) is 7.11 Å². The van der Waals surface area contributed by atoms with Gasteiger partial charge in [0.2, 0.25) is 0 Å². The first-order valence-electron chi connectivity index (χ1n) is 4.96. The Kier molecular flexibility index (Phi) is 11.4. The van der Waals surface area contributed by atoms with E-state index < -0.39 is 6.04 Å². The van der Waals surface area contributed by atoms with E-state index in [4.69, 9.17) is 5.73 Å². The number of carbonyl (C=O) groups is 1. The van der Waals surface area contributed by atoms with Crippen molar-refractivity contribution in [1.29, 1.82) is 0 Å². The van der Waals surface area contributed by atoms with E-state index in [-0.39, 0.29) is 5.97 Å². The lowest BCUT2D eigenvalue weighted by Gasteiger charge is -2.05. The maximum absolute atomic E-state index is 10.7. The summed E-state index contributed by atoms with van der Waals surface area (Å²) < 4.78 is 4.45. The molecule has 3 heteroatoms. The summed E-state index contributed by atoms with van der Waals surface area (Å²) in [5, 5.41) is 0. The lowest BCUT2D eigenvalue weighted by molar-refractivity contribution is -0.142. The van der Waals surface area contributed by atoms with Crippen molar-refractivity contribution in [3.63, 3.8) is 0 Å². The molecule has 0 saturated heterocycles. The number of methoxy groups -OCH3 is 1. The molecule has 0 aromatic rings. The van der Waals surface area contributed by atoms with Gasteiger partial charge in [0.05, 0.1) is 7.11 Å². The highest BCUT2D eigenvalue weighted by Crippen LogP contribution is 1.97. The molecule has 1 unspecified atom stereocenters. The second kappa shape index (κ2) is 10.3. The number of rotatable bonds is 3. The van der Waals surface area contributed by atoms with Crippen LogP contribution in [0.4, 0.5) is 0 Å². The second-order valence-corrected chi connectivity index (χ2v) is 3.35. The van der Waals surface area contributed by atoms with E-state index in [0.717, 1.165) is 5.57 Å². The van der Waals surface area contributed by atoms with Gasteiger partial charge in [0, 0.05) is 0 Å². The summed E-state index contributed by atoms with van der Waals surface area (Å²) in [5.74, 6) is -0.359. The molecule has 3 nitrogen and oxygen atoms in total. The van der Waals surface area contributed by atoms with Gasteiger partial charge < -0.3 is 10.5 Å². The number of ether oxygens (including phenoxy) is 1. The Labute approximate surface area is 87.3 Å². The number of allylic oxidation sites excluding steroid dienone is 1. The molecule has 0 radical (unpaired) electrons. The van der Waals surface area contributed by atoms with Gasteiger partial charge in [-0.25, -0.2) is 0 Å². The average molecular weight is 201 g/mol. The fourth-order valence-electron chi connectivity index (χ4n) is 0.610. The maximum Gasteiger partial charge on any atom is 0.322 e. The van der Waals surface area contributed by atoms with E-state index in [1.54, 1.807) is 0 Å². The molecule has 0 spiro atoms. The van der Waals surface area contributed by atoms with Crippen LogP contribution in [0, 0.1) is 0 Å². The minimum atomic E-state index is -0.519. The van der Waals surface area contributed by atoms with Crippen molar-refractivity contribution in [2.45, 2.75) is 46.6 Å². The monoisotopic (exact) mass is 201 g/mol. The van der Waals surface area contributed by atoms with Gasteiger partial charge in [0.1, 0.15) is 6.04 Å². The van der Waals surface area contributed by atoms with Crippen LogP contribution in [-0.4, -0.2) is 19.1 Å². The van der Waals surface area contributed by atoms with E-state index in [1.807, 2.05) is 19.9 Å². The largest absolute Gasteiger partial charge is 0.468 e. The molecule has 0 aliphatic rings.